The van der Waals surface area contributed by atoms with Crippen LogP contribution in [0.1, 0.15) is 34.4 Å². The van der Waals surface area contributed by atoms with Gasteiger partial charge >= 0.3 is 5.97 Å². The number of hydrogen-bond donors (Lipinski definition) is 0. The van der Waals surface area contributed by atoms with E-state index in [1.165, 1.54) is 42.2 Å². The van der Waals surface area contributed by atoms with Gasteiger partial charge in [0.15, 0.2) is 11.5 Å². The lowest BCUT2D eigenvalue weighted by Gasteiger charge is -2.09. The van der Waals surface area contributed by atoms with Gasteiger partial charge in [0.2, 0.25) is 4.96 Å². The van der Waals surface area contributed by atoms with Gasteiger partial charge in [-0.3, -0.25) is 4.79 Å². The Kier molecular flexibility index (Phi) is 5.70. The number of carbonyl (C=O) groups is 1. The molecule has 142 valence electrons. The Bertz CT molecular complexity index is 1030. The van der Waals surface area contributed by atoms with E-state index >= 15 is 0 Å². The van der Waals surface area contributed by atoms with E-state index in [1.54, 1.807) is 12.1 Å². The second-order valence-corrected chi connectivity index (χ2v) is 6.71. The number of carbonyl (C=O) groups excluding carboxylic acids is 1. The maximum atomic E-state index is 12.3. The van der Waals surface area contributed by atoms with Crippen molar-refractivity contribution in [2.24, 2.45) is 0 Å². The first-order valence-electron chi connectivity index (χ1n) is 8.33. The summed E-state index contributed by atoms with van der Waals surface area (Å²) in [5.41, 5.74) is 0.393. The molecule has 0 aliphatic heterocycles. The quantitative estimate of drug-likeness (QED) is 0.573. The Morgan fingerprint density at radius 2 is 1.96 bits per heavy atom. The van der Waals surface area contributed by atoms with E-state index in [-0.39, 0.29) is 12.2 Å². The lowest BCUT2D eigenvalue weighted by Crippen LogP contribution is -2.16. The summed E-state index contributed by atoms with van der Waals surface area (Å²) in [6.07, 6.45) is 1.72. The van der Waals surface area contributed by atoms with Crippen molar-refractivity contribution in [1.82, 2.24) is 14.6 Å². The molecule has 0 atom stereocenters. The van der Waals surface area contributed by atoms with Crippen LogP contribution in [0.25, 0.3) is 4.96 Å². The van der Waals surface area contributed by atoms with Crippen LogP contribution in [0.2, 0.25) is 0 Å². The molecule has 9 heteroatoms. The van der Waals surface area contributed by atoms with E-state index in [0.717, 1.165) is 17.8 Å². The highest BCUT2D eigenvalue weighted by atomic mass is 32.1. The minimum Gasteiger partial charge on any atom is -0.493 e. The van der Waals surface area contributed by atoms with Gasteiger partial charge in [-0.2, -0.15) is 9.61 Å². The number of aryl methyl sites for hydroxylation is 1. The predicted molar refractivity (Wildman–Crippen MR) is 99.8 cm³/mol. The summed E-state index contributed by atoms with van der Waals surface area (Å²) >= 11 is 1.36. The molecule has 0 spiro atoms. The number of methoxy groups -OCH3 is 2. The Morgan fingerprint density at radius 1 is 1.19 bits per heavy atom. The van der Waals surface area contributed by atoms with Crippen molar-refractivity contribution in [3.63, 3.8) is 0 Å². The molecule has 0 radical (unpaired) electrons. The number of aromatic nitrogens is 3. The van der Waals surface area contributed by atoms with Gasteiger partial charge < -0.3 is 14.2 Å². The van der Waals surface area contributed by atoms with Crippen LogP contribution in [-0.2, 0) is 17.8 Å². The molecule has 27 heavy (non-hydrogen) atoms. The van der Waals surface area contributed by atoms with Crippen molar-refractivity contribution >= 4 is 22.3 Å². The number of ether oxygens (including phenoxy) is 3. The zero-order chi connectivity index (χ0) is 19.4. The molecule has 1 aromatic carbocycles. The van der Waals surface area contributed by atoms with Crippen LogP contribution in [0.4, 0.5) is 0 Å². The number of benzene rings is 1. The maximum absolute atomic E-state index is 12.3. The van der Waals surface area contributed by atoms with Crippen molar-refractivity contribution in [1.29, 1.82) is 0 Å². The molecule has 0 aliphatic carbocycles. The summed E-state index contributed by atoms with van der Waals surface area (Å²) in [6.45, 7) is 1.93. The van der Waals surface area contributed by atoms with Crippen molar-refractivity contribution in [3.8, 4) is 11.5 Å². The normalized spacial score (nSPS) is 10.8. The number of nitrogens with zero attached hydrogens (tertiary/aromatic N) is 3. The van der Waals surface area contributed by atoms with Crippen molar-refractivity contribution in [2.75, 3.05) is 14.2 Å². The summed E-state index contributed by atoms with van der Waals surface area (Å²) in [5.74, 6) is 0.397. The van der Waals surface area contributed by atoms with Crippen molar-refractivity contribution in [2.45, 2.75) is 26.4 Å². The zero-order valence-electron chi connectivity index (χ0n) is 15.2. The Morgan fingerprint density at radius 3 is 2.67 bits per heavy atom. The van der Waals surface area contributed by atoms with E-state index in [9.17, 15) is 9.59 Å². The number of fused-ring (bicyclic) bond motifs is 1. The van der Waals surface area contributed by atoms with Gasteiger partial charge in [-0.15, -0.1) is 0 Å². The molecule has 0 saturated carbocycles. The van der Waals surface area contributed by atoms with E-state index in [0.29, 0.717) is 27.7 Å². The van der Waals surface area contributed by atoms with Gasteiger partial charge in [-0.25, -0.2) is 9.78 Å². The fourth-order valence-corrected chi connectivity index (χ4v) is 3.49. The van der Waals surface area contributed by atoms with E-state index in [1.807, 2.05) is 6.92 Å². The minimum absolute atomic E-state index is 0.111. The Labute approximate surface area is 159 Å². The first kappa shape index (κ1) is 18.8. The average Bonchev–Trinajstić information content (AvgIpc) is 3.09. The lowest BCUT2D eigenvalue weighted by molar-refractivity contribution is 0.0467. The third-order valence-electron chi connectivity index (χ3n) is 3.77. The van der Waals surface area contributed by atoms with E-state index in [2.05, 4.69) is 10.1 Å². The summed E-state index contributed by atoms with van der Waals surface area (Å²) in [7, 11) is 3.00. The number of hydrogen-bond acceptors (Lipinski definition) is 8. The second kappa shape index (κ2) is 8.17. The van der Waals surface area contributed by atoms with Crippen molar-refractivity contribution in [3.05, 3.63) is 50.9 Å². The molecule has 0 aliphatic rings. The van der Waals surface area contributed by atoms with Crippen LogP contribution in [-0.4, -0.2) is 34.8 Å². The molecule has 0 bridgehead atoms. The van der Waals surface area contributed by atoms with Crippen LogP contribution < -0.4 is 15.0 Å². The molecular formula is C18H19N3O5S. The van der Waals surface area contributed by atoms with Crippen LogP contribution in [0.15, 0.2) is 29.1 Å². The molecule has 8 nitrogen and oxygen atoms in total. The van der Waals surface area contributed by atoms with Crippen molar-refractivity contribution < 1.29 is 19.0 Å². The fraction of sp³-hybridized carbons (Fsp3) is 0.333. The fourth-order valence-electron chi connectivity index (χ4n) is 2.47. The first-order valence-corrected chi connectivity index (χ1v) is 9.15. The molecule has 0 unspecified atom stereocenters. The Hall–Kier alpha value is -2.94. The summed E-state index contributed by atoms with van der Waals surface area (Å²) in [5, 5.41) is 5.10. The average molecular weight is 389 g/mol. The third kappa shape index (κ3) is 4.08. The molecule has 2 aromatic heterocycles. The highest BCUT2D eigenvalue weighted by Gasteiger charge is 2.14. The highest BCUT2D eigenvalue weighted by molar-refractivity contribution is 7.16. The first-order chi connectivity index (χ1) is 13.0. The molecule has 0 amide bonds. The monoisotopic (exact) mass is 389 g/mol. The molecule has 3 rings (SSSR count). The van der Waals surface area contributed by atoms with Gasteiger partial charge in [0.25, 0.3) is 5.56 Å². The second-order valence-electron chi connectivity index (χ2n) is 5.67. The Balaban J connectivity index is 1.76. The van der Waals surface area contributed by atoms with Crippen LogP contribution in [0, 0.1) is 0 Å². The summed E-state index contributed by atoms with van der Waals surface area (Å²) in [4.78, 5) is 29.3. The molecule has 0 saturated heterocycles. The van der Waals surface area contributed by atoms with E-state index < -0.39 is 5.97 Å². The third-order valence-corrected chi connectivity index (χ3v) is 4.74. The van der Waals surface area contributed by atoms with E-state index in [4.69, 9.17) is 14.2 Å². The minimum atomic E-state index is -0.547. The predicted octanol–water partition coefficient (Wildman–Crippen LogP) is 2.48. The van der Waals surface area contributed by atoms with Gasteiger partial charge in [0, 0.05) is 12.5 Å². The standard InChI is InChI=1S/C18H19N3O5S/c1-4-5-15-20-21-16(22)9-12(19-18(21)27-15)10-26-17(23)11-6-7-13(24-2)14(8-11)25-3/h6-9H,4-5,10H2,1-3H3. The van der Waals surface area contributed by atoms with Crippen LogP contribution in [0.5, 0.6) is 11.5 Å². The largest absolute Gasteiger partial charge is 0.493 e. The van der Waals surface area contributed by atoms with Gasteiger partial charge in [-0.05, 0) is 24.6 Å². The van der Waals surface area contributed by atoms with Gasteiger partial charge in [0.1, 0.15) is 11.6 Å². The number of esters is 1. The number of rotatable bonds is 7. The molecule has 3 aromatic rings. The summed E-state index contributed by atoms with van der Waals surface area (Å²) in [6, 6.07) is 6.06. The molecule has 2 heterocycles. The molecule has 0 N–H and O–H groups in total. The molecular weight excluding hydrogens is 370 g/mol. The highest BCUT2D eigenvalue weighted by Crippen LogP contribution is 2.27. The van der Waals surface area contributed by atoms with Gasteiger partial charge in [0.05, 0.1) is 25.5 Å². The smallest absolute Gasteiger partial charge is 0.338 e. The summed E-state index contributed by atoms with van der Waals surface area (Å²) < 4.78 is 16.9. The van der Waals surface area contributed by atoms with Crippen LogP contribution >= 0.6 is 11.3 Å². The van der Waals surface area contributed by atoms with Crippen LogP contribution in [0.3, 0.4) is 0 Å². The maximum Gasteiger partial charge on any atom is 0.338 e. The molecule has 0 fully saturated rings. The topological polar surface area (TPSA) is 92.0 Å². The SMILES string of the molecule is CCCc1nn2c(=O)cc(COC(=O)c3ccc(OC)c(OC)c3)nc2s1. The lowest BCUT2D eigenvalue weighted by atomic mass is 10.2. The zero-order valence-corrected chi connectivity index (χ0v) is 16.0. The van der Waals surface area contributed by atoms with Gasteiger partial charge in [-0.1, -0.05) is 18.3 Å².